The van der Waals surface area contributed by atoms with Crippen LogP contribution in [0.1, 0.15) is 24.8 Å². The van der Waals surface area contributed by atoms with Crippen molar-refractivity contribution in [1.82, 2.24) is 9.78 Å². The fraction of sp³-hybridized carbons (Fsp3) is 0.333. The van der Waals surface area contributed by atoms with E-state index in [1.54, 1.807) is 18.3 Å². The van der Waals surface area contributed by atoms with E-state index in [4.69, 9.17) is 0 Å². The standard InChI is InChI=1S/C15H15BrFN3O/c16-11-4-5-14(17)10(6-11)9-20-15(21)7-13(8-18-20)19-12-2-1-3-12/h4-8,12,19H,1-3,9H2. The molecule has 2 aromatic rings. The van der Waals surface area contributed by atoms with E-state index in [-0.39, 0.29) is 17.9 Å². The third kappa shape index (κ3) is 3.32. The van der Waals surface area contributed by atoms with Gasteiger partial charge >= 0.3 is 0 Å². The number of nitrogens with zero attached hydrogens (tertiary/aromatic N) is 2. The molecule has 1 N–H and O–H groups in total. The average molecular weight is 352 g/mol. The summed E-state index contributed by atoms with van der Waals surface area (Å²) in [6.07, 6.45) is 5.11. The first-order valence-electron chi connectivity index (χ1n) is 6.89. The molecule has 0 atom stereocenters. The molecule has 1 aliphatic carbocycles. The zero-order chi connectivity index (χ0) is 14.8. The molecule has 21 heavy (non-hydrogen) atoms. The van der Waals surface area contributed by atoms with Crippen LogP contribution in [0.2, 0.25) is 0 Å². The number of hydrogen-bond acceptors (Lipinski definition) is 3. The summed E-state index contributed by atoms with van der Waals surface area (Å²) in [5, 5.41) is 7.39. The molecule has 110 valence electrons. The second-order valence-electron chi connectivity index (χ2n) is 5.25. The van der Waals surface area contributed by atoms with Gasteiger partial charge in [0.15, 0.2) is 0 Å². The maximum absolute atomic E-state index is 13.7. The molecular weight excluding hydrogens is 337 g/mol. The van der Waals surface area contributed by atoms with Crippen molar-refractivity contribution in [2.45, 2.75) is 31.8 Å². The van der Waals surface area contributed by atoms with E-state index in [1.165, 1.54) is 23.2 Å². The minimum absolute atomic E-state index is 0.119. The Labute approximate surface area is 130 Å². The smallest absolute Gasteiger partial charge is 0.269 e. The van der Waals surface area contributed by atoms with Crippen molar-refractivity contribution in [3.05, 3.63) is 56.7 Å². The van der Waals surface area contributed by atoms with Gasteiger partial charge in [0.25, 0.3) is 5.56 Å². The lowest BCUT2D eigenvalue weighted by molar-refractivity contribution is 0.445. The molecule has 3 rings (SSSR count). The molecule has 0 saturated heterocycles. The molecule has 0 spiro atoms. The van der Waals surface area contributed by atoms with Crippen LogP contribution in [0.5, 0.6) is 0 Å². The van der Waals surface area contributed by atoms with E-state index in [0.29, 0.717) is 11.6 Å². The van der Waals surface area contributed by atoms with Crippen molar-refractivity contribution >= 4 is 21.6 Å². The first-order valence-corrected chi connectivity index (χ1v) is 7.69. The molecule has 1 fully saturated rings. The summed E-state index contributed by atoms with van der Waals surface area (Å²) >= 11 is 3.30. The van der Waals surface area contributed by atoms with Gasteiger partial charge in [0.05, 0.1) is 18.4 Å². The second kappa shape index (κ2) is 5.97. The lowest BCUT2D eigenvalue weighted by Gasteiger charge is -2.27. The summed E-state index contributed by atoms with van der Waals surface area (Å²) in [5.74, 6) is -0.344. The first-order chi connectivity index (χ1) is 10.1. The zero-order valence-corrected chi connectivity index (χ0v) is 12.9. The number of hydrogen-bond donors (Lipinski definition) is 1. The van der Waals surface area contributed by atoms with Crippen LogP contribution >= 0.6 is 15.9 Å². The Bertz CT molecular complexity index is 712. The van der Waals surface area contributed by atoms with Gasteiger partial charge in [0, 0.05) is 22.1 Å². The van der Waals surface area contributed by atoms with E-state index in [9.17, 15) is 9.18 Å². The monoisotopic (exact) mass is 351 g/mol. The first kappa shape index (κ1) is 14.3. The fourth-order valence-corrected chi connectivity index (χ4v) is 2.65. The Morgan fingerprint density at radius 1 is 1.38 bits per heavy atom. The largest absolute Gasteiger partial charge is 0.381 e. The Kier molecular flexibility index (Phi) is 4.05. The van der Waals surface area contributed by atoms with Crippen molar-refractivity contribution in [1.29, 1.82) is 0 Å². The molecule has 0 aliphatic heterocycles. The molecule has 1 aromatic heterocycles. The highest BCUT2D eigenvalue weighted by molar-refractivity contribution is 9.10. The number of halogens is 2. The summed E-state index contributed by atoms with van der Waals surface area (Å²) in [6, 6.07) is 6.62. The summed E-state index contributed by atoms with van der Waals surface area (Å²) < 4.78 is 15.7. The van der Waals surface area contributed by atoms with Gasteiger partial charge in [-0.25, -0.2) is 9.07 Å². The zero-order valence-electron chi connectivity index (χ0n) is 11.4. The van der Waals surface area contributed by atoms with E-state index >= 15 is 0 Å². The number of anilines is 1. The average Bonchev–Trinajstić information content (AvgIpc) is 2.41. The van der Waals surface area contributed by atoms with Crippen LogP contribution < -0.4 is 10.9 Å². The highest BCUT2D eigenvalue weighted by atomic mass is 79.9. The van der Waals surface area contributed by atoms with Gasteiger partial charge in [-0.15, -0.1) is 0 Å². The minimum atomic E-state index is -0.344. The van der Waals surface area contributed by atoms with Gasteiger partial charge in [0.1, 0.15) is 5.82 Å². The molecule has 4 nitrogen and oxygen atoms in total. The Balaban J connectivity index is 1.79. The molecular formula is C15H15BrFN3O. The van der Waals surface area contributed by atoms with Crippen LogP contribution in [-0.4, -0.2) is 15.8 Å². The second-order valence-corrected chi connectivity index (χ2v) is 6.16. The van der Waals surface area contributed by atoms with Gasteiger partial charge in [-0.1, -0.05) is 15.9 Å². The van der Waals surface area contributed by atoms with Gasteiger partial charge in [-0.05, 0) is 37.5 Å². The Hall–Kier alpha value is -1.69. The third-order valence-corrected chi connectivity index (χ3v) is 4.17. The lowest BCUT2D eigenvalue weighted by Crippen LogP contribution is -2.29. The van der Waals surface area contributed by atoms with E-state index in [2.05, 4.69) is 26.3 Å². The number of rotatable bonds is 4. The van der Waals surface area contributed by atoms with Gasteiger partial charge in [-0.3, -0.25) is 4.79 Å². The molecule has 1 saturated carbocycles. The number of aromatic nitrogens is 2. The van der Waals surface area contributed by atoms with Crippen molar-refractivity contribution in [3.63, 3.8) is 0 Å². The predicted molar refractivity (Wildman–Crippen MR) is 83.0 cm³/mol. The van der Waals surface area contributed by atoms with Gasteiger partial charge in [0.2, 0.25) is 0 Å². The molecule has 1 aliphatic rings. The third-order valence-electron chi connectivity index (χ3n) is 3.67. The summed E-state index contributed by atoms with van der Waals surface area (Å²) in [6.45, 7) is 0.119. The normalized spacial score (nSPS) is 14.8. The molecule has 1 heterocycles. The van der Waals surface area contributed by atoms with Crippen molar-refractivity contribution in [3.8, 4) is 0 Å². The van der Waals surface area contributed by atoms with Crippen molar-refractivity contribution < 1.29 is 4.39 Å². The van der Waals surface area contributed by atoms with Crippen molar-refractivity contribution in [2.75, 3.05) is 5.32 Å². The summed E-state index contributed by atoms with van der Waals surface area (Å²) in [4.78, 5) is 12.1. The molecule has 0 radical (unpaired) electrons. The van der Waals surface area contributed by atoms with Gasteiger partial charge < -0.3 is 5.32 Å². The van der Waals surface area contributed by atoms with Crippen molar-refractivity contribution in [2.24, 2.45) is 0 Å². The SMILES string of the molecule is O=c1cc(NC2CCC2)cnn1Cc1cc(Br)ccc1F. The van der Waals surface area contributed by atoms with Crippen LogP contribution in [0.4, 0.5) is 10.1 Å². The van der Waals surface area contributed by atoms with Crippen LogP contribution in [0.15, 0.2) is 39.7 Å². The van der Waals surface area contributed by atoms with Crippen LogP contribution in [0, 0.1) is 5.82 Å². The quantitative estimate of drug-likeness (QED) is 0.920. The minimum Gasteiger partial charge on any atom is -0.381 e. The maximum Gasteiger partial charge on any atom is 0.269 e. The highest BCUT2D eigenvalue weighted by Gasteiger charge is 2.17. The van der Waals surface area contributed by atoms with Crippen LogP contribution in [0.3, 0.4) is 0 Å². The number of benzene rings is 1. The molecule has 0 unspecified atom stereocenters. The van der Waals surface area contributed by atoms with Gasteiger partial charge in [-0.2, -0.15) is 5.10 Å². The van der Waals surface area contributed by atoms with Crippen LogP contribution in [0.25, 0.3) is 0 Å². The topological polar surface area (TPSA) is 46.9 Å². The predicted octanol–water partition coefficient (Wildman–Crippen LogP) is 3.16. The maximum atomic E-state index is 13.7. The molecule has 6 heteroatoms. The summed E-state index contributed by atoms with van der Waals surface area (Å²) in [7, 11) is 0. The molecule has 0 amide bonds. The Morgan fingerprint density at radius 2 is 2.19 bits per heavy atom. The van der Waals surface area contributed by atoms with E-state index in [1.807, 2.05) is 0 Å². The number of nitrogens with one attached hydrogen (secondary N) is 1. The fourth-order valence-electron chi connectivity index (χ4n) is 2.25. The van der Waals surface area contributed by atoms with E-state index < -0.39 is 0 Å². The molecule has 1 aromatic carbocycles. The van der Waals surface area contributed by atoms with Crippen LogP contribution in [-0.2, 0) is 6.54 Å². The van der Waals surface area contributed by atoms with E-state index in [0.717, 1.165) is 23.0 Å². The highest BCUT2D eigenvalue weighted by Crippen LogP contribution is 2.22. The molecule has 0 bridgehead atoms. The summed E-state index contributed by atoms with van der Waals surface area (Å²) in [5.41, 5.74) is 0.924. The lowest BCUT2D eigenvalue weighted by atomic mass is 9.93. The Morgan fingerprint density at radius 3 is 2.86 bits per heavy atom.